The maximum absolute atomic E-state index is 12.6. The number of rotatable bonds is 2. The molecule has 0 amide bonds. The van der Waals surface area contributed by atoms with Crippen molar-refractivity contribution in [1.82, 2.24) is 15.0 Å². The second kappa shape index (κ2) is 4.09. The summed E-state index contributed by atoms with van der Waals surface area (Å²) < 4.78 is 37.5. The summed E-state index contributed by atoms with van der Waals surface area (Å²) in [7, 11) is 0. The van der Waals surface area contributed by atoms with Gasteiger partial charge in [0.1, 0.15) is 5.10 Å². The zero-order chi connectivity index (χ0) is 13.3. The SMILES string of the molecule is O=[N+]([O-])c1nnn(C(F)(F)F)c1-c1ccccc1. The van der Waals surface area contributed by atoms with Crippen LogP contribution in [0, 0.1) is 10.1 Å². The van der Waals surface area contributed by atoms with Crippen LogP contribution in [0.2, 0.25) is 0 Å². The Morgan fingerprint density at radius 2 is 1.83 bits per heavy atom. The van der Waals surface area contributed by atoms with E-state index in [1.165, 1.54) is 24.3 Å². The molecular formula is C9H5F3N4O2. The molecule has 0 aliphatic rings. The molecule has 0 saturated carbocycles. The van der Waals surface area contributed by atoms with Gasteiger partial charge in [0.05, 0.1) is 5.21 Å². The minimum atomic E-state index is -4.87. The Kier molecular flexibility index (Phi) is 2.73. The summed E-state index contributed by atoms with van der Waals surface area (Å²) >= 11 is 0. The van der Waals surface area contributed by atoms with Gasteiger partial charge >= 0.3 is 12.1 Å². The van der Waals surface area contributed by atoms with E-state index >= 15 is 0 Å². The summed E-state index contributed by atoms with van der Waals surface area (Å²) in [5.41, 5.74) is -0.667. The molecule has 94 valence electrons. The van der Waals surface area contributed by atoms with Gasteiger partial charge in [0.2, 0.25) is 0 Å². The van der Waals surface area contributed by atoms with E-state index in [4.69, 9.17) is 0 Å². The van der Waals surface area contributed by atoms with Gasteiger partial charge in [-0.15, -0.1) is 17.9 Å². The van der Waals surface area contributed by atoms with E-state index in [0.29, 0.717) is 0 Å². The van der Waals surface area contributed by atoms with Crippen molar-refractivity contribution in [2.75, 3.05) is 0 Å². The summed E-state index contributed by atoms with van der Waals surface area (Å²) in [5.74, 6) is -0.932. The molecule has 1 aromatic carbocycles. The van der Waals surface area contributed by atoms with Crippen molar-refractivity contribution in [2.24, 2.45) is 0 Å². The van der Waals surface area contributed by atoms with E-state index in [9.17, 15) is 23.3 Å². The second-order valence-corrected chi connectivity index (χ2v) is 3.26. The Bertz CT molecular complexity index is 579. The van der Waals surface area contributed by atoms with Gasteiger partial charge in [-0.25, -0.2) is 0 Å². The van der Waals surface area contributed by atoms with Crippen LogP contribution in [0.5, 0.6) is 0 Å². The van der Waals surface area contributed by atoms with Crippen LogP contribution in [-0.4, -0.2) is 19.9 Å². The Balaban J connectivity index is 2.70. The molecule has 18 heavy (non-hydrogen) atoms. The van der Waals surface area contributed by atoms with Crippen LogP contribution in [0.4, 0.5) is 19.0 Å². The lowest BCUT2D eigenvalue weighted by Crippen LogP contribution is -2.19. The summed E-state index contributed by atoms with van der Waals surface area (Å²) in [6.07, 6.45) is -4.87. The number of alkyl halides is 3. The molecule has 9 heteroatoms. The molecule has 0 fully saturated rings. The molecular weight excluding hydrogens is 253 g/mol. The van der Waals surface area contributed by atoms with E-state index in [-0.39, 0.29) is 5.56 Å². The van der Waals surface area contributed by atoms with Crippen molar-refractivity contribution in [1.29, 1.82) is 0 Å². The van der Waals surface area contributed by atoms with Crippen LogP contribution in [0.3, 0.4) is 0 Å². The summed E-state index contributed by atoms with van der Waals surface area (Å²) in [6.45, 7) is 0. The van der Waals surface area contributed by atoms with Crippen molar-refractivity contribution in [3.63, 3.8) is 0 Å². The molecule has 0 spiro atoms. The summed E-state index contributed by atoms with van der Waals surface area (Å²) in [6, 6.07) is 7.14. The molecule has 0 radical (unpaired) electrons. The van der Waals surface area contributed by atoms with Crippen LogP contribution in [0.25, 0.3) is 11.3 Å². The van der Waals surface area contributed by atoms with Crippen LogP contribution in [-0.2, 0) is 6.30 Å². The quantitative estimate of drug-likeness (QED) is 0.612. The first-order valence-electron chi connectivity index (χ1n) is 4.64. The molecule has 2 aromatic rings. The molecule has 0 saturated heterocycles. The third kappa shape index (κ3) is 2.01. The second-order valence-electron chi connectivity index (χ2n) is 3.26. The highest BCUT2D eigenvalue weighted by atomic mass is 19.4. The van der Waals surface area contributed by atoms with Crippen molar-refractivity contribution in [3.05, 3.63) is 40.4 Å². The predicted molar refractivity (Wildman–Crippen MR) is 53.4 cm³/mol. The first kappa shape index (κ1) is 12.0. The Morgan fingerprint density at radius 3 is 2.33 bits per heavy atom. The molecule has 0 unspecified atom stereocenters. The van der Waals surface area contributed by atoms with Gasteiger partial charge in [-0.2, -0.15) is 0 Å². The highest BCUT2D eigenvalue weighted by Crippen LogP contribution is 2.33. The minimum Gasteiger partial charge on any atom is -0.358 e. The zero-order valence-corrected chi connectivity index (χ0v) is 8.63. The average Bonchev–Trinajstić information content (AvgIpc) is 2.74. The molecule has 0 bridgehead atoms. The smallest absolute Gasteiger partial charge is 0.358 e. The molecule has 1 heterocycles. The number of hydrogen-bond donors (Lipinski definition) is 0. The molecule has 6 nitrogen and oxygen atoms in total. The lowest BCUT2D eigenvalue weighted by molar-refractivity contribution is -0.389. The van der Waals surface area contributed by atoms with Crippen LogP contribution >= 0.6 is 0 Å². The van der Waals surface area contributed by atoms with Gasteiger partial charge in [-0.05, 0) is 4.92 Å². The van der Waals surface area contributed by atoms with Gasteiger partial charge < -0.3 is 10.1 Å². The van der Waals surface area contributed by atoms with Crippen LogP contribution < -0.4 is 0 Å². The number of benzene rings is 1. The number of aromatic nitrogens is 3. The monoisotopic (exact) mass is 258 g/mol. The standard InChI is InChI=1S/C9H5F3N4O2/c10-9(11,12)15-7(6-4-2-1-3-5-6)8(13-14-15)16(17)18/h1-5H. The number of halogens is 3. The summed E-state index contributed by atoms with van der Waals surface area (Å²) in [5, 5.41) is 16.4. The lowest BCUT2D eigenvalue weighted by Gasteiger charge is -2.07. The maximum Gasteiger partial charge on any atom is 0.508 e. The molecule has 0 aliphatic heterocycles. The molecule has 1 aromatic heterocycles. The van der Waals surface area contributed by atoms with Gasteiger partial charge in [-0.1, -0.05) is 30.3 Å². The molecule has 2 rings (SSSR count). The fraction of sp³-hybridized carbons (Fsp3) is 0.111. The maximum atomic E-state index is 12.6. The van der Waals surface area contributed by atoms with Crippen molar-refractivity contribution in [3.8, 4) is 11.3 Å². The number of nitrogens with zero attached hydrogens (tertiary/aromatic N) is 4. The van der Waals surface area contributed by atoms with Gasteiger partial charge in [-0.3, -0.25) is 0 Å². The van der Waals surface area contributed by atoms with Gasteiger partial charge in [0, 0.05) is 5.56 Å². The fourth-order valence-corrected chi connectivity index (χ4v) is 1.42. The number of hydrogen-bond acceptors (Lipinski definition) is 4. The third-order valence-corrected chi connectivity index (χ3v) is 2.11. The van der Waals surface area contributed by atoms with Crippen molar-refractivity contribution in [2.45, 2.75) is 6.30 Å². The van der Waals surface area contributed by atoms with E-state index in [2.05, 4.69) is 10.3 Å². The van der Waals surface area contributed by atoms with Crippen LogP contribution in [0.15, 0.2) is 30.3 Å². The minimum absolute atomic E-state index is 0.0199. The van der Waals surface area contributed by atoms with Crippen LogP contribution in [0.1, 0.15) is 0 Å². The van der Waals surface area contributed by atoms with Gasteiger partial charge in [0.25, 0.3) is 0 Å². The van der Waals surface area contributed by atoms with E-state index < -0.39 is 27.4 Å². The van der Waals surface area contributed by atoms with Crippen molar-refractivity contribution < 1.29 is 18.1 Å². The molecule has 0 atom stereocenters. The van der Waals surface area contributed by atoms with Gasteiger partial charge in [0.15, 0.2) is 5.69 Å². The van der Waals surface area contributed by atoms with E-state index in [1.807, 2.05) is 0 Å². The first-order chi connectivity index (χ1) is 8.41. The normalized spacial score (nSPS) is 11.5. The first-order valence-corrected chi connectivity index (χ1v) is 4.64. The molecule has 0 aliphatic carbocycles. The average molecular weight is 258 g/mol. The fourth-order valence-electron chi connectivity index (χ4n) is 1.42. The highest BCUT2D eigenvalue weighted by molar-refractivity contribution is 5.67. The topological polar surface area (TPSA) is 73.8 Å². The third-order valence-electron chi connectivity index (χ3n) is 2.11. The summed E-state index contributed by atoms with van der Waals surface area (Å²) in [4.78, 5) is 9.66. The highest BCUT2D eigenvalue weighted by Gasteiger charge is 2.41. The largest absolute Gasteiger partial charge is 0.508 e. The van der Waals surface area contributed by atoms with Crippen molar-refractivity contribution >= 4 is 5.82 Å². The zero-order valence-electron chi connectivity index (χ0n) is 8.63. The predicted octanol–water partition coefficient (Wildman–Crippen LogP) is 2.33. The Labute approximate surface area is 97.8 Å². The Hall–Kier alpha value is -2.45. The lowest BCUT2D eigenvalue weighted by atomic mass is 10.1. The van der Waals surface area contributed by atoms with E-state index in [0.717, 1.165) is 0 Å². The van der Waals surface area contributed by atoms with E-state index in [1.54, 1.807) is 6.07 Å². The Morgan fingerprint density at radius 1 is 1.22 bits per heavy atom. The molecule has 0 N–H and O–H groups in total. The number of nitro groups is 1.